The molecule has 0 saturated carbocycles. The van der Waals surface area contributed by atoms with Gasteiger partial charge in [-0.05, 0) is 66.5 Å². The number of fused-ring (bicyclic) bond motifs is 1. The van der Waals surface area contributed by atoms with E-state index in [1.54, 1.807) is 0 Å². The summed E-state index contributed by atoms with van der Waals surface area (Å²) in [4.78, 5) is 12.8. The van der Waals surface area contributed by atoms with Gasteiger partial charge in [-0.25, -0.2) is 4.63 Å². The molecule has 4 aromatic rings. The zero-order valence-corrected chi connectivity index (χ0v) is 17.4. The average Bonchev–Trinajstić information content (AvgIpc) is 3.31. The van der Waals surface area contributed by atoms with Crippen molar-refractivity contribution in [3.63, 3.8) is 0 Å². The van der Waals surface area contributed by atoms with Gasteiger partial charge < -0.3 is 9.15 Å². The summed E-state index contributed by atoms with van der Waals surface area (Å²) in [6, 6.07) is 13.2. The Morgan fingerprint density at radius 2 is 1.87 bits per heavy atom. The Hall–Kier alpha value is -3.61. The number of nitrogens with one attached hydrogen (secondary N) is 1. The smallest absolute Gasteiger partial charge is 0.292 e. The molecule has 0 spiro atoms. The van der Waals surface area contributed by atoms with Gasteiger partial charge in [-0.3, -0.25) is 10.1 Å². The standard InChI is InChI=1S/C23H23N3O4/c1-13(2)12-28-17-8-6-16(7-9-17)20-22(26-30-25-20)24-23(27)21-15(4)18-11-14(3)5-10-19(18)29-21/h5-11,13H,12H2,1-4H3,(H,24,26,27). The van der Waals surface area contributed by atoms with E-state index in [1.807, 2.05) is 56.3 Å². The first-order chi connectivity index (χ1) is 14.4. The molecule has 0 bridgehead atoms. The van der Waals surface area contributed by atoms with Crippen molar-refractivity contribution < 1.29 is 18.6 Å². The van der Waals surface area contributed by atoms with E-state index < -0.39 is 5.91 Å². The Bertz CT molecular complexity index is 1190. The second-order valence-electron chi connectivity index (χ2n) is 7.70. The third kappa shape index (κ3) is 3.91. The van der Waals surface area contributed by atoms with Gasteiger partial charge in [0.05, 0.1) is 6.61 Å². The lowest BCUT2D eigenvalue weighted by Crippen LogP contribution is -2.13. The summed E-state index contributed by atoms with van der Waals surface area (Å²) in [5.41, 5.74) is 3.72. The highest BCUT2D eigenvalue weighted by Crippen LogP contribution is 2.29. The van der Waals surface area contributed by atoms with Gasteiger partial charge in [-0.1, -0.05) is 25.5 Å². The third-order valence-corrected chi connectivity index (χ3v) is 4.73. The van der Waals surface area contributed by atoms with Crippen molar-refractivity contribution in [3.05, 3.63) is 59.4 Å². The van der Waals surface area contributed by atoms with Crippen LogP contribution in [-0.4, -0.2) is 22.8 Å². The number of nitrogens with zero attached hydrogens (tertiary/aromatic N) is 2. The summed E-state index contributed by atoms with van der Waals surface area (Å²) in [6.07, 6.45) is 0. The molecule has 0 radical (unpaired) electrons. The van der Waals surface area contributed by atoms with E-state index in [2.05, 4.69) is 29.5 Å². The molecule has 2 heterocycles. The molecule has 4 rings (SSSR count). The fraction of sp³-hybridized carbons (Fsp3) is 0.261. The normalized spacial score (nSPS) is 11.2. The van der Waals surface area contributed by atoms with Crippen LogP contribution in [0.2, 0.25) is 0 Å². The molecule has 154 valence electrons. The molecule has 1 N–H and O–H groups in total. The number of hydrogen-bond donors (Lipinski definition) is 1. The number of aryl methyl sites for hydroxylation is 2. The lowest BCUT2D eigenvalue weighted by Gasteiger charge is -2.08. The molecule has 30 heavy (non-hydrogen) atoms. The van der Waals surface area contributed by atoms with Gasteiger partial charge >= 0.3 is 0 Å². The molecular weight excluding hydrogens is 382 g/mol. The molecule has 2 aromatic heterocycles. The van der Waals surface area contributed by atoms with Gasteiger partial charge in [0.1, 0.15) is 11.3 Å². The maximum atomic E-state index is 12.8. The minimum absolute atomic E-state index is 0.229. The van der Waals surface area contributed by atoms with E-state index in [9.17, 15) is 4.79 Å². The maximum absolute atomic E-state index is 12.8. The molecule has 0 aliphatic heterocycles. The molecule has 0 atom stereocenters. The van der Waals surface area contributed by atoms with Crippen LogP contribution in [0.5, 0.6) is 5.75 Å². The number of benzene rings is 2. The van der Waals surface area contributed by atoms with Gasteiger partial charge in [-0.2, -0.15) is 0 Å². The van der Waals surface area contributed by atoms with Gasteiger partial charge in [-0.15, -0.1) is 0 Å². The van der Waals surface area contributed by atoms with E-state index in [4.69, 9.17) is 13.8 Å². The molecule has 1 amide bonds. The van der Waals surface area contributed by atoms with Gasteiger partial charge in [0.2, 0.25) is 5.82 Å². The van der Waals surface area contributed by atoms with Crippen LogP contribution < -0.4 is 10.1 Å². The van der Waals surface area contributed by atoms with Crippen molar-refractivity contribution in [1.82, 2.24) is 10.3 Å². The number of rotatable bonds is 6. The minimum Gasteiger partial charge on any atom is -0.493 e. The minimum atomic E-state index is -0.407. The fourth-order valence-electron chi connectivity index (χ4n) is 3.15. The second kappa shape index (κ2) is 8.02. The molecule has 7 nitrogen and oxygen atoms in total. The summed E-state index contributed by atoms with van der Waals surface area (Å²) in [5.74, 6) is 1.27. The van der Waals surface area contributed by atoms with Crippen LogP contribution >= 0.6 is 0 Å². The highest BCUT2D eigenvalue weighted by atomic mass is 16.6. The van der Waals surface area contributed by atoms with E-state index in [0.717, 1.165) is 27.8 Å². The Morgan fingerprint density at radius 3 is 2.60 bits per heavy atom. The van der Waals surface area contributed by atoms with Gasteiger partial charge in [0.25, 0.3) is 5.91 Å². The Morgan fingerprint density at radius 1 is 1.10 bits per heavy atom. The molecule has 2 aromatic carbocycles. The largest absolute Gasteiger partial charge is 0.493 e. The number of aromatic nitrogens is 2. The van der Waals surface area contributed by atoms with E-state index >= 15 is 0 Å². The third-order valence-electron chi connectivity index (χ3n) is 4.73. The number of amides is 1. The van der Waals surface area contributed by atoms with Gasteiger partial charge in [0.15, 0.2) is 11.5 Å². The molecule has 0 unspecified atom stereocenters. The molecule has 0 aliphatic rings. The number of carbonyl (C=O) groups is 1. The quantitative estimate of drug-likeness (QED) is 0.463. The summed E-state index contributed by atoms with van der Waals surface area (Å²) < 4.78 is 16.3. The molecule has 0 fully saturated rings. The lowest BCUT2D eigenvalue weighted by molar-refractivity contribution is 0.0997. The van der Waals surface area contributed by atoms with Crippen LogP contribution in [0.15, 0.2) is 51.5 Å². The van der Waals surface area contributed by atoms with E-state index in [0.29, 0.717) is 23.8 Å². The first-order valence-electron chi connectivity index (χ1n) is 9.79. The van der Waals surface area contributed by atoms with Crippen molar-refractivity contribution in [3.8, 4) is 17.0 Å². The van der Waals surface area contributed by atoms with Crippen LogP contribution in [0.4, 0.5) is 5.82 Å². The number of anilines is 1. The number of hydrogen-bond acceptors (Lipinski definition) is 6. The Balaban J connectivity index is 1.55. The first kappa shape index (κ1) is 19.7. The van der Waals surface area contributed by atoms with Gasteiger partial charge in [0, 0.05) is 16.5 Å². The lowest BCUT2D eigenvalue weighted by atomic mass is 10.1. The fourth-order valence-corrected chi connectivity index (χ4v) is 3.15. The van der Waals surface area contributed by atoms with Crippen molar-refractivity contribution in [2.24, 2.45) is 5.92 Å². The molecule has 7 heteroatoms. The average molecular weight is 405 g/mol. The first-order valence-corrected chi connectivity index (χ1v) is 9.79. The monoisotopic (exact) mass is 405 g/mol. The second-order valence-corrected chi connectivity index (χ2v) is 7.70. The van der Waals surface area contributed by atoms with Crippen molar-refractivity contribution in [2.45, 2.75) is 27.7 Å². The van der Waals surface area contributed by atoms with Crippen molar-refractivity contribution >= 4 is 22.7 Å². The van der Waals surface area contributed by atoms with Crippen LogP contribution in [-0.2, 0) is 0 Å². The van der Waals surface area contributed by atoms with Crippen LogP contribution in [0.25, 0.3) is 22.2 Å². The van der Waals surface area contributed by atoms with Crippen LogP contribution in [0.3, 0.4) is 0 Å². The maximum Gasteiger partial charge on any atom is 0.292 e. The summed E-state index contributed by atoms with van der Waals surface area (Å²) >= 11 is 0. The predicted molar refractivity (Wildman–Crippen MR) is 114 cm³/mol. The SMILES string of the molecule is Cc1ccc2oc(C(=O)Nc3nonc3-c3ccc(OCC(C)C)cc3)c(C)c2c1. The molecule has 0 saturated heterocycles. The van der Waals surface area contributed by atoms with E-state index in [1.165, 1.54) is 0 Å². The summed E-state index contributed by atoms with van der Waals surface area (Å²) in [7, 11) is 0. The van der Waals surface area contributed by atoms with Crippen molar-refractivity contribution in [1.29, 1.82) is 0 Å². The zero-order valence-electron chi connectivity index (χ0n) is 17.4. The number of carbonyl (C=O) groups excluding carboxylic acids is 1. The molecule has 0 aliphatic carbocycles. The Kier molecular flexibility index (Phi) is 5.27. The Labute approximate surface area is 174 Å². The topological polar surface area (TPSA) is 90.4 Å². The van der Waals surface area contributed by atoms with E-state index in [-0.39, 0.29) is 11.6 Å². The number of furan rings is 1. The summed E-state index contributed by atoms with van der Waals surface area (Å²) in [6.45, 7) is 8.68. The zero-order chi connectivity index (χ0) is 21.3. The molecular formula is C23H23N3O4. The van der Waals surface area contributed by atoms with Crippen LogP contribution in [0, 0.1) is 19.8 Å². The number of ether oxygens (including phenoxy) is 1. The summed E-state index contributed by atoms with van der Waals surface area (Å²) in [5, 5.41) is 11.4. The highest BCUT2D eigenvalue weighted by molar-refractivity contribution is 6.07. The predicted octanol–water partition coefficient (Wildman–Crippen LogP) is 5.39. The highest BCUT2D eigenvalue weighted by Gasteiger charge is 2.21. The van der Waals surface area contributed by atoms with Crippen LogP contribution in [0.1, 0.15) is 35.5 Å². The van der Waals surface area contributed by atoms with Crippen molar-refractivity contribution in [2.75, 3.05) is 11.9 Å².